The van der Waals surface area contributed by atoms with Crippen molar-refractivity contribution in [2.45, 2.75) is 32.6 Å². The molecular weight excluding hydrogens is 127 g/mol. The molecule has 0 aliphatic carbocycles. The van der Waals surface area contributed by atoms with Crippen LogP contribution in [0.15, 0.2) is 24.3 Å². The summed E-state index contributed by atoms with van der Waals surface area (Å²) in [6.07, 6.45) is 8.60. The van der Waals surface area contributed by atoms with Crippen LogP contribution in [-0.2, 0) is 0 Å². The number of hydrogen-bond acceptors (Lipinski definition) is 0. The van der Waals surface area contributed by atoms with Crippen molar-refractivity contribution in [3.05, 3.63) is 31.2 Å². The Balaban J connectivity index is 0. The Morgan fingerprint density at radius 2 is 2.09 bits per heavy atom. The van der Waals surface area contributed by atoms with Gasteiger partial charge in [0, 0.05) is 0 Å². The summed E-state index contributed by atoms with van der Waals surface area (Å²) >= 11 is 0. The quantitative estimate of drug-likeness (QED) is 0.228. The van der Waals surface area contributed by atoms with Gasteiger partial charge in [-0.2, -0.15) is 6.42 Å². The number of allylic oxidation sites excluding steroid dienone is 3. The molecule has 0 unspecified atom stereocenters. The first-order valence-electron chi connectivity index (χ1n) is 3.87. The average Bonchev–Trinajstić information content (AvgIpc) is 1.89. The van der Waals surface area contributed by atoms with Crippen LogP contribution in [-0.4, -0.2) is 0 Å². The Morgan fingerprint density at radius 1 is 1.45 bits per heavy atom. The van der Waals surface area contributed by atoms with E-state index >= 15 is 0 Å². The first kappa shape index (κ1) is 13.7. The van der Waals surface area contributed by atoms with Crippen LogP contribution in [0.2, 0.25) is 0 Å². The van der Waals surface area contributed by atoms with Gasteiger partial charge in [-0.15, -0.1) is 6.58 Å². The molecule has 0 aliphatic rings. The van der Waals surface area contributed by atoms with Gasteiger partial charge in [-0.1, -0.05) is 24.1 Å². The molecule has 0 nitrogen and oxygen atoms in total. The van der Waals surface area contributed by atoms with Crippen LogP contribution in [0.5, 0.6) is 0 Å². The van der Waals surface area contributed by atoms with E-state index in [1.165, 1.54) is 5.57 Å². The minimum absolute atomic E-state index is 0. The van der Waals surface area contributed by atoms with Crippen LogP contribution in [0.25, 0.3) is 0 Å². The summed E-state index contributed by atoms with van der Waals surface area (Å²) in [7, 11) is 0. The number of unbranched alkanes of at least 4 members (excludes halogenated alkanes) is 1. The standard InChI is InChI=1S/C10H17.Li/c1-4-6-7-9-10(3)8-5-2;/h4,9H,1-2,5-8H2,3H3;/q-1;+1/b10-9+;. The average molecular weight is 144 g/mol. The van der Waals surface area contributed by atoms with E-state index in [4.69, 9.17) is 0 Å². The third-order valence-electron chi connectivity index (χ3n) is 1.43. The van der Waals surface area contributed by atoms with Gasteiger partial charge in [-0.25, -0.2) is 0 Å². The van der Waals surface area contributed by atoms with Crippen LogP contribution >= 0.6 is 0 Å². The molecule has 0 heterocycles. The molecule has 0 aromatic rings. The summed E-state index contributed by atoms with van der Waals surface area (Å²) in [5.74, 6) is 0. The molecule has 0 aromatic carbocycles. The molecule has 0 radical (unpaired) electrons. The molecule has 0 aliphatic heterocycles. The van der Waals surface area contributed by atoms with Gasteiger partial charge in [0.1, 0.15) is 0 Å². The summed E-state index contributed by atoms with van der Waals surface area (Å²) in [5.41, 5.74) is 1.46. The molecular formula is C10H17Li. The van der Waals surface area contributed by atoms with Crippen molar-refractivity contribution in [1.82, 2.24) is 0 Å². The minimum atomic E-state index is 0. The molecule has 0 N–H and O–H groups in total. The van der Waals surface area contributed by atoms with Gasteiger partial charge in [0.2, 0.25) is 0 Å². The van der Waals surface area contributed by atoms with E-state index < -0.39 is 0 Å². The van der Waals surface area contributed by atoms with Gasteiger partial charge in [-0.05, 0) is 19.8 Å². The Hall–Kier alpha value is 0.0774. The van der Waals surface area contributed by atoms with E-state index in [1.54, 1.807) is 0 Å². The number of hydrogen-bond donors (Lipinski definition) is 0. The monoisotopic (exact) mass is 144 g/mol. The van der Waals surface area contributed by atoms with Gasteiger partial charge in [0.05, 0.1) is 0 Å². The van der Waals surface area contributed by atoms with Crippen LogP contribution in [0, 0.1) is 6.92 Å². The zero-order valence-corrected chi connectivity index (χ0v) is 7.90. The fourth-order valence-corrected chi connectivity index (χ4v) is 0.828. The van der Waals surface area contributed by atoms with Gasteiger partial charge in [-0.3, -0.25) is 0 Å². The molecule has 0 fully saturated rings. The van der Waals surface area contributed by atoms with Gasteiger partial charge in [0.15, 0.2) is 0 Å². The molecule has 0 spiro atoms. The van der Waals surface area contributed by atoms with E-state index in [1.807, 2.05) is 6.08 Å². The first-order chi connectivity index (χ1) is 4.81. The van der Waals surface area contributed by atoms with Crippen molar-refractivity contribution in [3.63, 3.8) is 0 Å². The summed E-state index contributed by atoms with van der Waals surface area (Å²) in [6.45, 7) is 9.62. The Morgan fingerprint density at radius 3 is 2.55 bits per heavy atom. The van der Waals surface area contributed by atoms with Gasteiger partial charge in [0.25, 0.3) is 0 Å². The molecule has 0 rings (SSSR count). The molecule has 0 aromatic heterocycles. The zero-order chi connectivity index (χ0) is 7.82. The second-order valence-corrected chi connectivity index (χ2v) is 2.52. The third-order valence-corrected chi connectivity index (χ3v) is 1.43. The SMILES string of the molecule is C=CCC/C=C(\C)CC[CH2-].[Li+]. The van der Waals surface area contributed by atoms with Crippen LogP contribution in [0.3, 0.4) is 0 Å². The van der Waals surface area contributed by atoms with Crippen molar-refractivity contribution < 1.29 is 18.9 Å². The van der Waals surface area contributed by atoms with Gasteiger partial charge >= 0.3 is 18.9 Å². The fourth-order valence-electron chi connectivity index (χ4n) is 0.828. The van der Waals surface area contributed by atoms with E-state index in [0.29, 0.717) is 0 Å². The van der Waals surface area contributed by atoms with Crippen molar-refractivity contribution in [2.75, 3.05) is 0 Å². The van der Waals surface area contributed by atoms with E-state index in [2.05, 4.69) is 26.5 Å². The topological polar surface area (TPSA) is 0 Å². The second-order valence-electron chi connectivity index (χ2n) is 2.52. The maximum atomic E-state index is 3.79. The Bertz CT molecular complexity index is 114. The van der Waals surface area contributed by atoms with Crippen LogP contribution < -0.4 is 18.9 Å². The van der Waals surface area contributed by atoms with E-state index in [-0.39, 0.29) is 18.9 Å². The Labute approximate surface area is 82.9 Å². The van der Waals surface area contributed by atoms with Crippen molar-refractivity contribution >= 4 is 0 Å². The molecule has 0 saturated heterocycles. The zero-order valence-electron chi connectivity index (χ0n) is 7.90. The van der Waals surface area contributed by atoms with Gasteiger partial charge < -0.3 is 6.92 Å². The van der Waals surface area contributed by atoms with Crippen molar-refractivity contribution in [3.8, 4) is 0 Å². The normalized spacial score (nSPS) is 10.5. The van der Waals surface area contributed by atoms with Crippen molar-refractivity contribution in [1.29, 1.82) is 0 Å². The van der Waals surface area contributed by atoms with Crippen molar-refractivity contribution in [2.24, 2.45) is 0 Å². The smallest absolute Gasteiger partial charge is 0.343 e. The molecule has 1 heteroatoms. The summed E-state index contributed by atoms with van der Waals surface area (Å²) in [5, 5.41) is 0. The van der Waals surface area contributed by atoms with E-state index in [9.17, 15) is 0 Å². The number of rotatable bonds is 5. The molecule has 11 heavy (non-hydrogen) atoms. The predicted octanol–water partition coefficient (Wildman–Crippen LogP) is 0.517. The summed E-state index contributed by atoms with van der Waals surface area (Å²) in [6, 6.07) is 0. The molecule has 0 saturated carbocycles. The molecule has 0 bridgehead atoms. The Kier molecular flexibility index (Phi) is 12.5. The largest absolute Gasteiger partial charge is 1.00 e. The second kappa shape index (κ2) is 10.1. The molecule has 0 atom stereocenters. The fraction of sp³-hybridized carbons (Fsp3) is 0.500. The minimum Gasteiger partial charge on any atom is -0.343 e. The molecule has 58 valence electrons. The first-order valence-corrected chi connectivity index (χ1v) is 3.87. The predicted molar refractivity (Wildman–Crippen MR) is 47.8 cm³/mol. The van der Waals surface area contributed by atoms with Crippen LogP contribution in [0.1, 0.15) is 32.6 Å². The maximum absolute atomic E-state index is 3.79. The summed E-state index contributed by atoms with van der Waals surface area (Å²) < 4.78 is 0. The van der Waals surface area contributed by atoms with Crippen LogP contribution in [0.4, 0.5) is 0 Å². The summed E-state index contributed by atoms with van der Waals surface area (Å²) in [4.78, 5) is 0. The third kappa shape index (κ3) is 10.1. The molecule has 0 amide bonds. The maximum Gasteiger partial charge on any atom is 1.00 e. The van der Waals surface area contributed by atoms with E-state index in [0.717, 1.165) is 25.7 Å².